The van der Waals surface area contributed by atoms with E-state index in [-0.39, 0.29) is 18.3 Å². The van der Waals surface area contributed by atoms with Crippen LogP contribution in [0.1, 0.15) is 42.8 Å². The fraction of sp³-hybridized carbons (Fsp3) is 0.348. The van der Waals surface area contributed by atoms with Crippen LogP contribution in [0.3, 0.4) is 0 Å². The third kappa shape index (κ3) is 6.29. The minimum Gasteiger partial charge on any atom is -0.497 e. The molecule has 0 aliphatic carbocycles. The van der Waals surface area contributed by atoms with Gasteiger partial charge in [-0.3, -0.25) is 0 Å². The van der Waals surface area contributed by atoms with Gasteiger partial charge in [0.05, 0.1) is 19.6 Å². The van der Waals surface area contributed by atoms with Crippen molar-refractivity contribution in [2.45, 2.75) is 39.0 Å². The lowest BCUT2D eigenvalue weighted by Gasteiger charge is -2.25. The Labute approximate surface area is 181 Å². The summed E-state index contributed by atoms with van der Waals surface area (Å²) in [6.45, 7) is 3.90. The van der Waals surface area contributed by atoms with Gasteiger partial charge in [0.1, 0.15) is 18.5 Å². The third-order valence-corrected chi connectivity index (χ3v) is 4.82. The number of aliphatic hydroxyl groups is 1. The summed E-state index contributed by atoms with van der Waals surface area (Å²) in [4.78, 5) is 16.5. The molecular formula is C23H27N3O5. The second kappa shape index (κ2) is 10.6. The predicted octanol–water partition coefficient (Wildman–Crippen LogP) is 3.65. The summed E-state index contributed by atoms with van der Waals surface area (Å²) in [5.74, 6) is 1.15. The van der Waals surface area contributed by atoms with Crippen LogP contribution in [0, 0.1) is 5.92 Å². The van der Waals surface area contributed by atoms with Crippen LogP contribution in [0.25, 0.3) is 0 Å². The van der Waals surface area contributed by atoms with E-state index < -0.39 is 18.2 Å². The van der Waals surface area contributed by atoms with E-state index in [0.717, 1.165) is 16.9 Å². The molecule has 0 saturated heterocycles. The number of hydrogen-bond acceptors (Lipinski definition) is 7. The second-order valence-electron chi connectivity index (χ2n) is 7.49. The molecule has 2 atom stereocenters. The van der Waals surface area contributed by atoms with E-state index >= 15 is 0 Å². The first kappa shape index (κ1) is 22.3. The van der Waals surface area contributed by atoms with Crippen LogP contribution in [0.2, 0.25) is 0 Å². The van der Waals surface area contributed by atoms with Gasteiger partial charge in [0.2, 0.25) is 11.7 Å². The maximum Gasteiger partial charge on any atom is 0.407 e. The van der Waals surface area contributed by atoms with Crippen LogP contribution in [0.15, 0.2) is 59.1 Å². The molecule has 2 aromatic carbocycles. The Morgan fingerprint density at radius 2 is 1.81 bits per heavy atom. The number of hydrogen-bond donors (Lipinski definition) is 2. The fourth-order valence-corrected chi connectivity index (χ4v) is 3.05. The zero-order chi connectivity index (χ0) is 22.2. The zero-order valence-corrected chi connectivity index (χ0v) is 17.8. The van der Waals surface area contributed by atoms with Gasteiger partial charge in [0, 0.05) is 0 Å². The molecule has 164 valence electrons. The van der Waals surface area contributed by atoms with Crippen LogP contribution >= 0.6 is 0 Å². The monoisotopic (exact) mass is 425 g/mol. The van der Waals surface area contributed by atoms with Gasteiger partial charge < -0.3 is 24.4 Å². The smallest absolute Gasteiger partial charge is 0.407 e. The summed E-state index contributed by atoms with van der Waals surface area (Å²) >= 11 is 0. The number of rotatable bonds is 9. The molecule has 0 radical (unpaired) electrons. The van der Waals surface area contributed by atoms with Crippen LogP contribution in [-0.2, 0) is 17.8 Å². The maximum absolute atomic E-state index is 12.2. The highest BCUT2D eigenvalue weighted by Crippen LogP contribution is 2.21. The van der Waals surface area contributed by atoms with Crippen molar-refractivity contribution in [1.82, 2.24) is 15.5 Å². The van der Waals surface area contributed by atoms with Gasteiger partial charge in [-0.15, -0.1) is 0 Å². The van der Waals surface area contributed by atoms with Gasteiger partial charge in [-0.25, -0.2) is 4.79 Å². The number of aliphatic hydroxyl groups excluding tert-OH is 1. The molecule has 1 aromatic heterocycles. The Morgan fingerprint density at radius 3 is 2.45 bits per heavy atom. The van der Waals surface area contributed by atoms with Crippen molar-refractivity contribution >= 4 is 6.09 Å². The number of carbonyl (C=O) groups excluding carboxylic acids is 1. The summed E-state index contributed by atoms with van der Waals surface area (Å²) in [6, 6.07) is 16.2. The molecular weight excluding hydrogens is 398 g/mol. The van der Waals surface area contributed by atoms with Gasteiger partial charge in [-0.05, 0) is 29.2 Å². The number of carbonyl (C=O) groups is 1. The van der Waals surface area contributed by atoms with Gasteiger partial charge in [0.25, 0.3) is 0 Å². The van der Waals surface area contributed by atoms with E-state index in [1.807, 2.05) is 68.4 Å². The summed E-state index contributed by atoms with van der Waals surface area (Å²) in [6.07, 6.45) is -1.34. The zero-order valence-electron chi connectivity index (χ0n) is 17.8. The molecule has 0 aliphatic heterocycles. The van der Waals surface area contributed by atoms with E-state index in [9.17, 15) is 9.90 Å². The van der Waals surface area contributed by atoms with Crippen molar-refractivity contribution in [3.63, 3.8) is 0 Å². The topological polar surface area (TPSA) is 107 Å². The number of nitrogens with one attached hydrogen (secondary N) is 1. The number of alkyl carbamates (subject to hydrolysis) is 1. The first-order valence-electron chi connectivity index (χ1n) is 10.1. The van der Waals surface area contributed by atoms with E-state index in [4.69, 9.17) is 14.0 Å². The first-order valence-corrected chi connectivity index (χ1v) is 10.1. The summed E-state index contributed by atoms with van der Waals surface area (Å²) in [5, 5.41) is 17.4. The van der Waals surface area contributed by atoms with Gasteiger partial charge in [-0.2, -0.15) is 4.98 Å². The predicted molar refractivity (Wildman–Crippen MR) is 113 cm³/mol. The largest absolute Gasteiger partial charge is 0.497 e. The van der Waals surface area contributed by atoms with E-state index in [2.05, 4.69) is 15.5 Å². The Hall–Kier alpha value is -3.39. The summed E-state index contributed by atoms with van der Waals surface area (Å²) in [7, 11) is 1.61. The number of benzene rings is 2. The highest BCUT2D eigenvalue weighted by atomic mass is 16.5. The highest BCUT2D eigenvalue weighted by Gasteiger charge is 2.30. The standard InChI is InChI=1S/C23H27N3O5/c1-15(2)20(25-23(28)30-14-17-7-5-4-6-8-17)21(27)22-24-19(31-26-22)13-16-9-11-18(29-3)12-10-16/h4-12,15,20-21,27H,13-14H2,1-3H3,(H,25,28)/t20-,21?/m0/s1. The van der Waals surface area contributed by atoms with E-state index in [1.54, 1.807) is 7.11 Å². The number of ether oxygens (including phenoxy) is 2. The average Bonchev–Trinajstić information content (AvgIpc) is 3.25. The third-order valence-electron chi connectivity index (χ3n) is 4.82. The number of nitrogens with zero attached hydrogens (tertiary/aromatic N) is 2. The molecule has 1 heterocycles. The Kier molecular flexibility index (Phi) is 7.61. The van der Waals surface area contributed by atoms with Crippen molar-refractivity contribution in [2.75, 3.05) is 7.11 Å². The molecule has 0 bridgehead atoms. The molecule has 0 saturated carbocycles. The van der Waals surface area contributed by atoms with Gasteiger partial charge in [-0.1, -0.05) is 61.5 Å². The first-order chi connectivity index (χ1) is 15.0. The quantitative estimate of drug-likeness (QED) is 0.539. The highest BCUT2D eigenvalue weighted by molar-refractivity contribution is 5.67. The molecule has 1 unspecified atom stereocenters. The van der Waals surface area contributed by atoms with Gasteiger partial charge >= 0.3 is 6.09 Å². The molecule has 8 heteroatoms. The maximum atomic E-state index is 12.2. The minimum atomic E-state index is -1.14. The lowest BCUT2D eigenvalue weighted by atomic mass is 9.98. The number of aromatic nitrogens is 2. The molecule has 2 N–H and O–H groups in total. The fourth-order valence-electron chi connectivity index (χ4n) is 3.05. The Morgan fingerprint density at radius 1 is 1.10 bits per heavy atom. The van der Waals surface area contributed by atoms with Crippen molar-refractivity contribution in [1.29, 1.82) is 0 Å². The second-order valence-corrected chi connectivity index (χ2v) is 7.49. The molecule has 8 nitrogen and oxygen atoms in total. The normalized spacial score (nSPS) is 12.9. The summed E-state index contributed by atoms with van der Waals surface area (Å²) < 4.78 is 15.7. The minimum absolute atomic E-state index is 0.0946. The van der Waals surface area contributed by atoms with Crippen LogP contribution in [-0.4, -0.2) is 34.5 Å². The lowest BCUT2D eigenvalue weighted by Crippen LogP contribution is -2.43. The molecule has 3 rings (SSSR count). The van der Waals surface area contributed by atoms with E-state index in [0.29, 0.717) is 12.3 Å². The van der Waals surface area contributed by atoms with E-state index in [1.165, 1.54) is 0 Å². The molecule has 31 heavy (non-hydrogen) atoms. The molecule has 0 aliphatic rings. The Balaban J connectivity index is 1.60. The number of amides is 1. The van der Waals surface area contributed by atoms with Crippen molar-refractivity contribution in [3.05, 3.63) is 77.4 Å². The molecule has 0 fully saturated rings. The molecule has 0 spiro atoms. The summed E-state index contributed by atoms with van der Waals surface area (Å²) in [5.41, 5.74) is 1.84. The average molecular weight is 425 g/mol. The van der Waals surface area contributed by atoms with Crippen LogP contribution < -0.4 is 10.1 Å². The van der Waals surface area contributed by atoms with Crippen LogP contribution in [0.4, 0.5) is 4.79 Å². The van der Waals surface area contributed by atoms with Crippen molar-refractivity contribution in [2.24, 2.45) is 5.92 Å². The van der Waals surface area contributed by atoms with Crippen LogP contribution in [0.5, 0.6) is 5.75 Å². The SMILES string of the molecule is COc1ccc(Cc2nc(C(O)[C@@H](NC(=O)OCc3ccccc3)C(C)C)no2)cc1. The molecule has 3 aromatic rings. The van der Waals surface area contributed by atoms with Crippen molar-refractivity contribution in [3.8, 4) is 5.75 Å². The number of methoxy groups -OCH3 is 1. The lowest BCUT2D eigenvalue weighted by molar-refractivity contribution is 0.0796. The Bertz CT molecular complexity index is 957. The van der Waals surface area contributed by atoms with Crippen molar-refractivity contribution < 1.29 is 23.9 Å². The van der Waals surface area contributed by atoms with Gasteiger partial charge in [0.15, 0.2) is 0 Å². The molecule has 1 amide bonds.